The molecule has 2 aromatic carbocycles. The van der Waals surface area contributed by atoms with Crippen LogP contribution in [0.25, 0.3) is 0 Å². The molecule has 0 bridgehead atoms. The first-order chi connectivity index (χ1) is 12.9. The van der Waals surface area contributed by atoms with Crippen LogP contribution in [0.2, 0.25) is 5.02 Å². The molecule has 0 saturated carbocycles. The first kappa shape index (κ1) is 20.6. The van der Waals surface area contributed by atoms with Crippen molar-refractivity contribution in [3.05, 3.63) is 52.0 Å². The van der Waals surface area contributed by atoms with Gasteiger partial charge in [-0.1, -0.05) is 23.7 Å². The van der Waals surface area contributed by atoms with Crippen LogP contribution in [-0.4, -0.2) is 31.4 Å². The van der Waals surface area contributed by atoms with Crippen LogP contribution in [0.15, 0.2) is 35.4 Å². The number of aryl methyl sites for hydroxylation is 2. The molecule has 2 N–H and O–H groups in total. The zero-order valence-electron chi connectivity index (χ0n) is 15.6. The number of halogens is 1. The van der Waals surface area contributed by atoms with Gasteiger partial charge in [0.05, 0.1) is 25.5 Å². The first-order valence-electron chi connectivity index (χ1n) is 8.46. The minimum Gasteiger partial charge on any atom is -0.503 e. The normalized spacial score (nSPS) is 10.8. The molecule has 1 amide bonds. The molecule has 0 aliphatic rings. The molecule has 0 spiro atoms. The van der Waals surface area contributed by atoms with Crippen LogP contribution in [0, 0.1) is 6.92 Å². The summed E-state index contributed by atoms with van der Waals surface area (Å²) in [5.41, 5.74) is 5.32. The minimum absolute atomic E-state index is 0.130. The fourth-order valence-electron chi connectivity index (χ4n) is 2.61. The van der Waals surface area contributed by atoms with Gasteiger partial charge in [0.25, 0.3) is 0 Å². The van der Waals surface area contributed by atoms with Crippen molar-refractivity contribution in [3.8, 4) is 17.2 Å². The molecular weight excluding hydrogens is 368 g/mol. The number of amides is 1. The van der Waals surface area contributed by atoms with Gasteiger partial charge in [0.1, 0.15) is 5.75 Å². The molecule has 2 rings (SSSR count). The first-order valence-corrected chi connectivity index (χ1v) is 8.84. The SMILES string of the molecule is COc1ccc(CCCC(=O)N/N=C/c2cc(Cl)c(O)c(OC)c2)cc1C. The van der Waals surface area contributed by atoms with Crippen molar-refractivity contribution in [2.45, 2.75) is 26.2 Å². The molecule has 0 radical (unpaired) electrons. The lowest BCUT2D eigenvalue weighted by molar-refractivity contribution is -0.121. The van der Waals surface area contributed by atoms with E-state index in [0.717, 1.165) is 23.3 Å². The molecule has 0 aromatic heterocycles. The third kappa shape index (κ3) is 5.89. The molecule has 6 nitrogen and oxygen atoms in total. The summed E-state index contributed by atoms with van der Waals surface area (Å²) in [6, 6.07) is 9.11. The van der Waals surface area contributed by atoms with Gasteiger partial charge in [0.15, 0.2) is 11.5 Å². The summed E-state index contributed by atoms with van der Waals surface area (Å²) >= 11 is 5.91. The van der Waals surface area contributed by atoms with Crippen LogP contribution in [-0.2, 0) is 11.2 Å². The predicted molar refractivity (Wildman–Crippen MR) is 106 cm³/mol. The van der Waals surface area contributed by atoms with E-state index in [1.54, 1.807) is 13.2 Å². The number of phenols is 1. The fraction of sp³-hybridized carbons (Fsp3) is 0.300. The lowest BCUT2D eigenvalue weighted by atomic mass is 10.1. The van der Waals surface area contributed by atoms with Gasteiger partial charge in [-0.3, -0.25) is 4.79 Å². The highest BCUT2D eigenvalue weighted by atomic mass is 35.5. The van der Waals surface area contributed by atoms with Gasteiger partial charge in [-0.25, -0.2) is 5.43 Å². The molecule has 0 atom stereocenters. The molecule has 0 aliphatic carbocycles. The largest absolute Gasteiger partial charge is 0.503 e. The highest BCUT2D eigenvalue weighted by molar-refractivity contribution is 6.32. The number of carbonyl (C=O) groups excluding carboxylic acids is 1. The van der Waals surface area contributed by atoms with Gasteiger partial charge in [-0.05, 0) is 54.7 Å². The Kier molecular flexibility index (Phi) is 7.49. The topological polar surface area (TPSA) is 80.2 Å². The maximum atomic E-state index is 11.9. The van der Waals surface area contributed by atoms with Gasteiger partial charge in [-0.15, -0.1) is 0 Å². The number of nitrogens with one attached hydrogen (secondary N) is 1. The molecule has 0 aliphatic heterocycles. The number of hydrogen-bond donors (Lipinski definition) is 2. The van der Waals surface area contributed by atoms with Crippen molar-refractivity contribution >= 4 is 23.7 Å². The van der Waals surface area contributed by atoms with Gasteiger partial charge < -0.3 is 14.6 Å². The van der Waals surface area contributed by atoms with Crippen molar-refractivity contribution in [3.63, 3.8) is 0 Å². The van der Waals surface area contributed by atoms with E-state index in [0.29, 0.717) is 18.4 Å². The van der Waals surface area contributed by atoms with E-state index in [2.05, 4.69) is 16.6 Å². The lowest BCUT2D eigenvalue weighted by Crippen LogP contribution is -2.17. The minimum atomic E-state index is -0.173. The number of hydrazone groups is 1. The standard InChI is InChI=1S/C20H23ClN2O4/c1-13-9-14(7-8-17(13)26-2)5-4-6-19(24)23-22-12-15-10-16(21)20(25)18(11-15)27-3/h7-12,25H,4-6H2,1-3H3,(H,23,24)/b22-12+. The van der Waals surface area contributed by atoms with E-state index in [9.17, 15) is 9.90 Å². The zero-order chi connectivity index (χ0) is 19.8. The Morgan fingerprint density at radius 1 is 1.22 bits per heavy atom. The maximum absolute atomic E-state index is 11.9. The number of nitrogens with zero attached hydrogens (tertiary/aromatic N) is 1. The number of aromatic hydroxyl groups is 1. The maximum Gasteiger partial charge on any atom is 0.240 e. The van der Waals surface area contributed by atoms with Crippen molar-refractivity contribution in [1.29, 1.82) is 0 Å². The van der Waals surface area contributed by atoms with Gasteiger partial charge >= 0.3 is 0 Å². The zero-order valence-corrected chi connectivity index (χ0v) is 16.3. The molecule has 27 heavy (non-hydrogen) atoms. The molecule has 0 fully saturated rings. The second kappa shape index (κ2) is 9.83. The van der Waals surface area contributed by atoms with Crippen LogP contribution < -0.4 is 14.9 Å². The third-order valence-corrected chi connectivity index (χ3v) is 4.29. The van der Waals surface area contributed by atoms with E-state index in [4.69, 9.17) is 21.1 Å². The summed E-state index contributed by atoms with van der Waals surface area (Å²) in [5.74, 6) is 0.796. The average molecular weight is 391 g/mol. The molecule has 144 valence electrons. The Morgan fingerprint density at radius 3 is 2.63 bits per heavy atom. The van der Waals surface area contributed by atoms with Crippen LogP contribution in [0.3, 0.4) is 0 Å². The summed E-state index contributed by atoms with van der Waals surface area (Å²) in [4.78, 5) is 11.9. The number of ether oxygens (including phenoxy) is 2. The summed E-state index contributed by atoms with van der Waals surface area (Å²) in [5, 5.41) is 13.8. The monoisotopic (exact) mass is 390 g/mol. The second-order valence-corrected chi connectivity index (χ2v) is 6.41. The summed E-state index contributed by atoms with van der Waals surface area (Å²) in [7, 11) is 3.08. The quantitative estimate of drug-likeness (QED) is 0.530. The average Bonchev–Trinajstić information content (AvgIpc) is 2.64. The Morgan fingerprint density at radius 2 is 1.96 bits per heavy atom. The molecule has 0 saturated heterocycles. The second-order valence-electron chi connectivity index (χ2n) is 6.00. The summed E-state index contributed by atoms with van der Waals surface area (Å²) in [6.07, 6.45) is 3.32. The van der Waals surface area contributed by atoms with Crippen molar-refractivity contribution in [1.82, 2.24) is 5.43 Å². The Hall–Kier alpha value is -2.73. The van der Waals surface area contributed by atoms with Crippen LogP contribution >= 0.6 is 11.6 Å². The number of benzene rings is 2. The van der Waals surface area contributed by atoms with E-state index < -0.39 is 0 Å². The number of hydrogen-bond acceptors (Lipinski definition) is 5. The predicted octanol–water partition coefficient (Wildman–Crippen LogP) is 3.84. The van der Waals surface area contributed by atoms with Gasteiger partial charge in [0, 0.05) is 6.42 Å². The molecule has 7 heteroatoms. The van der Waals surface area contributed by atoms with E-state index in [1.165, 1.54) is 19.4 Å². The van der Waals surface area contributed by atoms with Crippen molar-refractivity contribution in [2.75, 3.05) is 14.2 Å². The third-order valence-electron chi connectivity index (χ3n) is 4.00. The number of carbonyl (C=O) groups is 1. The van der Waals surface area contributed by atoms with Gasteiger partial charge in [-0.2, -0.15) is 5.10 Å². The summed E-state index contributed by atoms with van der Waals surface area (Å²) in [6.45, 7) is 1.99. The number of phenolic OH excluding ortho intramolecular Hbond substituents is 1. The molecule has 0 unspecified atom stereocenters. The van der Waals surface area contributed by atoms with E-state index in [1.807, 2.05) is 19.1 Å². The Balaban J connectivity index is 1.82. The lowest BCUT2D eigenvalue weighted by Gasteiger charge is -2.07. The number of methoxy groups -OCH3 is 2. The van der Waals surface area contributed by atoms with Crippen LogP contribution in [0.1, 0.15) is 29.5 Å². The number of rotatable bonds is 8. The van der Waals surface area contributed by atoms with Crippen LogP contribution in [0.4, 0.5) is 0 Å². The Labute approximate surface area is 163 Å². The van der Waals surface area contributed by atoms with Gasteiger partial charge in [0.2, 0.25) is 5.91 Å². The van der Waals surface area contributed by atoms with E-state index >= 15 is 0 Å². The van der Waals surface area contributed by atoms with Crippen LogP contribution in [0.5, 0.6) is 17.2 Å². The molecular formula is C20H23ClN2O4. The molecule has 2 aromatic rings. The fourth-order valence-corrected chi connectivity index (χ4v) is 2.83. The highest BCUT2D eigenvalue weighted by Crippen LogP contribution is 2.34. The highest BCUT2D eigenvalue weighted by Gasteiger charge is 2.08. The van der Waals surface area contributed by atoms with Crippen molar-refractivity contribution in [2.24, 2.45) is 5.10 Å². The smallest absolute Gasteiger partial charge is 0.240 e. The van der Waals surface area contributed by atoms with Crippen molar-refractivity contribution < 1.29 is 19.4 Å². The summed E-state index contributed by atoms with van der Waals surface area (Å²) < 4.78 is 10.3. The Bertz CT molecular complexity index is 837. The van der Waals surface area contributed by atoms with E-state index in [-0.39, 0.29) is 22.4 Å². The molecule has 0 heterocycles.